The summed E-state index contributed by atoms with van der Waals surface area (Å²) in [5, 5.41) is 3.49. The molecule has 0 heterocycles. The largest absolute Gasteiger partial charge is 0.493 e. The number of hydrogen-bond acceptors (Lipinski definition) is 3. The second-order valence-corrected chi connectivity index (χ2v) is 5.58. The maximum atomic E-state index is 13.6. The van der Waals surface area contributed by atoms with E-state index in [1.165, 1.54) is 12.1 Å². The third kappa shape index (κ3) is 3.80. The van der Waals surface area contributed by atoms with Gasteiger partial charge in [0.2, 0.25) is 0 Å². The second kappa shape index (κ2) is 7.00. The van der Waals surface area contributed by atoms with E-state index in [-0.39, 0.29) is 5.82 Å². The minimum absolute atomic E-state index is 0.348. The molecule has 0 saturated heterocycles. The Labute approximate surface area is 136 Å². The lowest BCUT2D eigenvalue weighted by atomic mass is 10.2. The Morgan fingerprint density at radius 3 is 2.62 bits per heavy atom. The Hall–Kier alpha value is -1.46. The monoisotopic (exact) mass is 373 g/mol. The highest BCUT2D eigenvalue weighted by atomic mass is 79.9. The molecule has 0 bridgehead atoms. The van der Waals surface area contributed by atoms with Crippen LogP contribution in [0.25, 0.3) is 0 Å². The summed E-state index contributed by atoms with van der Waals surface area (Å²) in [7, 11) is 3.14. The summed E-state index contributed by atoms with van der Waals surface area (Å²) in [4.78, 5) is 0. The number of ether oxygens (including phenoxy) is 2. The van der Waals surface area contributed by atoms with Crippen molar-refractivity contribution in [2.45, 2.75) is 6.54 Å². The molecule has 1 N–H and O–H groups in total. The lowest BCUT2D eigenvalue weighted by molar-refractivity contribution is 0.352. The van der Waals surface area contributed by atoms with Crippen LogP contribution in [0.3, 0.4) is 0 Å². The van der Waals surface area contributed by atoms with Crippen LogP contribution in [0.1, 0.15) is 5.56 Å². The van der Waals surface area contributed by atoms with Crippen LogP contribution in [0.4, 0.5) is 10.1 Å². The molecule has 21 heavy (non-hydrogen) atoms. The summed E-state index contributed by atoms with van der Waals surface area (Å²) in [6.07, 6.45) is 0. The topological polar surface area (TPSA) is 30.5 Å². The average Bonchev–Trinajstić information content (AvgIpc) is 2.47. The van der Waals surface area contributed by atoms with Crippen LogP contribution in [-0.4, -0.2) is 14.2 Å². The molecule has 0 unspecified atom stereocenters. The van der Waals surface area contributed by atoms with Gasteiger partial charge in [-0.3, -0.25) is 0 Å². The van der Waals surface area contributed by atoms with E-state index in [0.29, 0.717) is 28.8 Å². The van der Waals surface area contributed by atoms with Crippen molar-refractivity contribution in [3.05, 3.63) is 51.2 Å². The Morgan fingerprint density at radius 1 is 1.19 bits per heavy atom. The molecule has 0 radical (unpaired) electrons. The van der Waals surface area contributed by atoms with E-state index in [4.69, 9.17) is 21.1 Å². The van der Waals surface area contributed by atoms with Crippen molar-refractivity contribution in [3.8, 4) is 11.5 Å². The van der Waals surface area contributed by atoms with Gasteiger partial charge in [-0.05, 0) is 51.8 Å². The quantitative estimate of drug-likeness (QED) is 0.810. The third-order valence-electron chi connectivity index (χ3n) is 2.90. The SMILES string of the molecule is COc1cc(CNc2cc(Cl)ccc2F)cc(Br)c1OC. The zero-order chi connectivity index (χ0) is 15.4. The molecular weight excluding hydrogens is 361 g/mol. The highest BCUT2D eigenvalue weighted by molar-refractivity contribution is 9.10. The Morgan fingerprint density at radius 2 is 1.95 bits per heavy atom. The Balaban J connectivity index is 2.20. The molecule has 2 aromatic rings. The molecule has 0 aliphatic heterocycles. The first-order valence-electron chi connectivity index (χ1n) is 6.14. The number of anilines is 1. The fraction of sp³-hybridized carbons (Fsp3) is 0.200. The van der Waals surface area contributed by atoms with Gasteiger partial charge in [0.1, 0.15) is 5.82 Å². The first-order chi connectivity index (χ1) is 10.0. The number of rotatable bonds is 5. The molecule has 0 atom stereocenters. The summed E-state index contributed by atoms with van der Waals surface area (Å²) in [6.45, 7) is 0.427. The first-order valence-corrected chi connectivity index (χ1v) is 7.31. The molecule has 3 nitrogen and oxygen atoms in total. The van der Waals surface area contributed by atoms with Crippen LogP contribution < -0.4 is 14.8 Å². The van der Waals surface area contributed by atoms with Crippen LogP contribution in [0, 0.1) is 5.82 Å². The summed E-state index contributed by atoms with van der Waals surface area (Å²) in [5.41, 5.74) is 1.27. The summed E-state index contributed by atoms with van der Waals surface area (Å²) in [5.74, 6) is 0.879. The summed E-state index contributed by atoms with van der Waals surface area (Å²) < 4.78 is 24.9. The van der Waals surface area contributed by atoms with Crippen molar-refractivity contribution >= 4 is 33.2 Å². The van der Waals surface area contributed by atoms with E-state index >= 15 is 0 Å². The molecule has 0 saturated carbocycles. The molecule has 0 spiro atoms. The Kier molecular flexibility index (Phi) is 5.31. The van der Waals surface area contributed by atoms with Gasteiger partial charge in [-0.25, -0.2) is 4.39 Å². The van der Waals surface area contributed by atoms with E-state index in [1.54, 1.807) is 20.3 Å². The van der Waals surface area contributed by atoms with Gasteiger partial charge in [0.05, 0.1) is 24.4 Å². The average molecular weight is 375 g/mol. The molecule has 6 heteroatoms. The molecule has 0 aliphatic carbocycles. The lowest BCUT2D eigenvalue weighted by Crippen LogP contribution is -2.02. The lowest BCUT2D eigenvalue weighted by Gasteiger charge is -2.13. The molecule has 0 amide bonds. The van der Waals surface area contributed by atoms with E-state index in [0.717, 1.165) is 10.0 Å². The summed E-state index contributed by atoms with van der Waals surface area (Å²) in [6, 6.07) is 8.10. The number of benzene rings is 2. The van der Waals surface area contributed by atoms with Crippen molar-refractivity contribution in [1.29, 1.82) is 0 Å². The van der Waals surface area contributed by atoms with Gasteiger partial charge in [-0.15, -0.1) is 0 Å². The van der Waals surface area contributed by atoms with Crippen LogP contribution in [0.5, 0.6) is 11.5 Å². The fourth-order valence-electron chi connectivity index (χ4n) is 1.90. The van der Waals surface area contributed by atoms with Gasteiger partial charge in [0.15, 0.2) is 11.5 Å². The highest BCUT2D eigenvalue weighted by Gasteiger charge is 2.11. The highest BCUT2D eigenvalue weighted by Crippen LogP contribution is 2.36. The number of halogens is 3. The first kappa shape index (κ1) is 15.9. The molecule has 112 valence electrons. The summed E-state index contributed by atoms with van der Waals surface area (Å²) >= 11 is 9.28. The van der Waals surface area contributed by atoms with Crippen molar-refractivity contribution in [3.63, 3.8) is 0 Å². The van der Waals surface area contributed by atoms with Crippen LogP contribution in [-0.2, 0) is 6.54 Å². The second-order valence-electron chi connectivity index (χ2n) is 4.29. The van der Waals surface area contributed by atoms with E-state index < -0.39 is 0 Å². The zero-order valence-electron chi connectivity index (χ0n) is 11.5. The van der Waals surface area contributed by atoms with Gasteiger partial charge >= 0.3 is 0 Å². The van der Waals surface area contributed by atoms with E-state index in [9.17, 15) is 4.39 Å². The molecule has 0 aromatic heterocycles. The van der Waals surface area contributed by atoms with Gasteiger partial charge in [-0.1, -0.05) is 11.6 Å². The molecule has 2 aromatic carbocycles. The van der Waals surface area contributed by atoms with E-state index in [1.807, 2.05) is 12.1 Å². The number of nitrogens with one attached hydrogen (secondary N) is 1. The molecule has 2 rings (SSSR count). The van der Waals surface area contributed by atoms with Crippen molar-refractivity contribution < 1.29 is 13.9 Å². The fourth-order valence-corrected chi connectivity index (χ4v) is 2.73. The zero-order valence-corrected chi connectivity index (χ0v) is 13.9. The van der Waals surface area contributed by atoms with E-state index in [2.05, 4.69) is 21.2 Å². The number of methoxy groups -OCH3 is 2. The van der Waals surface area contributed by atoms with Crippen LogP contribution >= 0.6 is 27.5 Å². The standard InChI is InChI=1S/C15H14BrClFNO2/c1-20-14-6-9(5-11(16)15(14)21-2)8-19-13-7-10(17)3-4-12(13)18/h3-7,19H,8H2,1-2H3. The van der Waals surface area contributed by atoms with Gasteiger partial charge in [0, 0.05) is 11.6 Å². The smallest absolute Gasteiger partial charge is 0.174 e. The van der Waals surface area contributed by atoms with Gasteiger partial charge in [0.25, 0.3) is 0 Å². The maximum Gasteiger partial charge on any atom is 0.174 e. The van der Waals surface area contributed by atoms with Gasteiger partial charge in [-0.2, -0.15) is 0 Å². The Bertz CT molecular complexity index is 652. The number of hydrogen-bond donors (Lipinski definition) is 1. The van der Waals surface area contributed by atoms with Crippen molar-refractivity contribution in [2.24, 2.45) is 0 Å². The van der Waals surface area contributed by atoms with Crippen LogP contribution in [0.2, 0.25) is 5.02 Å². The maximum absolute atomic E-state index is 13.6. The molecule has 0 aliphatic rings. The van der Waals surface area contributed by atoms with Crippen molar-refractivity contribution in [1.82, 2.24) is 0 Å². The molecular formula is C15H14BrClFNO2. The van der Waals surface area contributed by atoms with Crippen LogP contribution in [0.15, 0.2) is 34.8 Å². The minimum atomic E-state index is -0.348. The van der Waals surface area contributed by atoms with Gasteiger partial charge < -0.3 is 14.8 Å². The predicted octanol–water partition coefficient (Wildman–Crippen LogP) is 4.87. The predicted molar refractivity (Wildman–Crippen MR) is 86.0 cm³/mol. The third-order valence-corrected chi connectivity index (χ3v) is 3.73. The normalized spacial score (nSPS) is 10.3. The molecule has 0 fully saturated rings. The van der Waals surface area contributed by atoms with Crippen molar-refractivity contribution in [2.75, 3.05) is 19.5 Å². The minimum Gasteiger partial charge on any atom is -0.493 e.